The van der Waals surface area contributed by atoms with E-state index in [9.17, 15) is 0 Å². The van der Waals surface area contributed by atoms with Gasteiger partial charge in [0.1, 0.15) is 0 Å². The van der Waals surface area contributed by atoms with Gasteiger partial charge in [0.15, 0.2) is 0 Å². The van der Waals surface area contributed by atoms with Crippen LogP contribution in [0.3, 0.4) is 0 Å². The molecule has 0 N–H and O–H groups in total. The Morgan fingerprint density at radius 2 is 0.483 bits per heavy atom. The van der Waals surface area contributed by atoms with Crippen molar-refractivity contribution in [1.82, 2.24) is 0 Å². The van der Waals surface area contributed by atoms with Gasteiger partial charge in [-0.1, -0.05) is 188 Å². The second-order valence-electron chi connectivity index (χ2n) is 17.0. The standard InChI is InChI=1S/C60H32/c1-4-16-45-39(13-1)42-19-7-10-33-22-24-36-28-30-48(57(45)54(36)51(33)42)50-32-38-27-26-35-12-9-21-44-41-15-3-6-18-47(41)60(56(38)53(35)44)59(50)49-31-29-37-25-23-34-11-8-20-43-40-14-2-5-17-46(40)58(49)55(37)52(34)43/h1-32H. The molecule has 272 valence electrons. The van der Waals surface area contributed by atoms with E-state index in [0.717, 1.165) is 0 Å². The molecular weight excluding hydrogens is 721 g/mol. The zero-order valence-electron chi connectivity index (χ0n) is 32.5. The summed E-state index contributed by atoms with van der Waals surface area (Å²) >= 11 is 0. The van der Waals surface area contributed by atoms with Gasteiger partial charge in [-0.2, -0.15) is 0 Å². The minimum Gasteiger partial charge on any atom is -0.0616 e. The topological polar surface area (TPSA) is 0 Å². The molecule has 15 aromatic rings. The van der Waals surface area contributed by atoms with Crippen LogP contribution < -0.4 is 0 Å². The van der Waals surface area contributed by atoms with Crippen molar-refractivity contribution >= 4 is 129 Å². The lowest BCUT2D eigenvalue weighted by atomic mass is 9.78. The molecule has 0 radical (unpaired) electrons. The van der Waals surface area contributed by atoms with E-state index in [2.05, 4.69) is 194 Å². The molecule has 0 nitrogen and oxygen atoms in total. The summed E-state index contributed by atoms with van der Waals surface area (Å²) in [6.07, 6.45) is 0. The highest BCUT2D eigenvalue weighted by molar-refractivity contribution is 6.42. The van der Waals surface area contributed by atoms with Gasteiger partial charge in [0.05, 0.1) is 0 Å². The normalized spacial score (nSPS) is 12.7. The Morgan fingerprint density at radius 3 is 0.967 bits per heavy atom. The van der Waals surface area contributed by atoms with E-state index >= 15 is 0 Å². The summed E-state index contributed by atoms with van der Waals surface area (Å²) in [6.45, 7) is 0. The van der Waals surface area contributed by atoms with Crippen LogP contribution in [0.4, 0.5) is 0 Å². The second kappa shape index (κ2) is 11.0. The van der Waals surface area contributed by atoms with E-state index in [0.29, 0.717) is 0 Å². The summed E-state index contributed by atoms with van der Waals surface area (Å²) in [5, 5.41) is 31.5. The molecule has 15 rings (SSSR count). The summed E-state index contributed by atoms with van der Waals surface area (Å²) in [7, 11) is 0. The number of hydrogen-bond acceptors (Lipinski definition) is 0. The zero-order chi connectivity index (χ0) is 38.8. The lowest BCUT2D eigenvalue weighted by Gasteiger charge is -2.25. The van der Waals surface area contributed by atoms with Crippen LogP contribution in [0.2, 0.25) is 0 Å². The lowest BCUT2D eigenvalue weighted by Crippen LogP contribution is -1.97. The van der Waals surface area contributed by atoms with E-state index in [1.807, 2.05) is 0 Å². The van der Waals surface area contributed by atoms with Crippen LogP contribution in [0, 0.1) is 0 Å². The molecule has 15 aromatic carbocycles. The first-order valence-electron chi connectivity index (χ1n) is 21.1. The fraction of sp³-hybridized carbons (Fsp3) is 0. The molecule has 0 bridgehead atoms. The Morgan fingerprint density at radius 1 is 0.167 bits per heavy atom. The van der Waals surface area contributed by atoms with Gasteiger partial charge < -0.3 is 0 Å². The highest BCUT2D eigenvalue weighted by Gasteiger charge is 2.26. The molecule has 0 aliphatic carbocycles. The molecule has 0 aliphatic rings. The van der Waals surface area contributed by atoms with E-state index in [-0.39, 0.29) is 0 Å². The Kier molecular flexibility index (Phi) is 5.74. The molecule has 0 spiro atoms. The van der Waals surface area contributed by atoms with Gasteiger partial charge >= 0.3 is 0 Å². The summed E-state index contributed by atoms with van der Waals surface area (Å²) in [4.78, 5) is 0. The van der Waals surface area contributed by atoms with Gasteiger partial charge in [0.2, 0.25) is 0 Å². The monoisotopic (exact) mass is 752 g/mol. The zero-order valence-corrected chi connectivity index (χ0v) is 32.5. The molecule has 0 heterocycles. The summed E-state index contributed by atoms with van der Waals surface area (Å²) in [6, 6.07) is 74.0. The predicted octanol–water partition coefficient (Wildman–Crippen LogP) is 17.2. The highest BCUT2D eigenvalue weighted by Crippen LogP contribution is 2.54. The smallest absolute Gasteiger partial charge is 0.000763 e. The molecular formula is C60H32. The molecule has 0 saturated heterocycles. The summed E-state index contributed by atoms with van der Waals surface area (Å²) in [5.74, 6) is 0. The summed E-state index contributed by atoms with van der Waals surface area (Å²) in [5.41, 5.74) is 5.13. The van der Waals surface area contributed by atoms with Gasteiger partial charge in [-0.05, 0) is 158 Å². The van der Waals surface area contributed by atoms with Crippen molar-refractivity contribution in [3.8, 4) is 22.3 Å². The number of hydrogen-bond donors (Lipinski definition) is 0. The van der Waals surface area contributed by atoms with Crippen LogP contribution in [0.25, 0.3) is 152 Å². The first-order valence-corrected chi connectivity index (χ1v) is 21.1. The van der Waals surface area contributed by atoms with Crippen molar-refractivity contribution < 1.29 is 0 Å². The second-order valence-corrected chi connectivity index (χ2v) is 17.0. The van der Waals surface area contributed by atoms with E-state index in [1.165, 1.54) is 152 Å². The van der Waals surface area contributed by atoms with E-state index in [4.69, 9.17) is 0 Å². The quantitative estimate of drug-likeness (QED) is 0.122. The fourth-order valence-corrected chi connectivity index (χ4v) is 11.9. The van der Waals surface area contributed by atoms with Crippen LogP contribution in [-0.2, 0) is 0 Å². The van der Waals surface area contributed by atoms with Gasteiger partial charge in [0, 0.05) is 0 Å². The minimum atomic E-state index is 1.27. The van der Waals surface area contributed by atoms with Gasteiger partial charge in [0.25, 0.3) is 0 Å². The Hall–Kier alpha value is -7.80. The van der Waals surface area contributed by atoms with Gasteiger partial charge in [-0.15, -0.1) is 0 Å². The van der Waals surface area contributed by atoms with Gasteiger partial charge in [-0.25, -0.2) is 0 Å². The molecule has 0 aliphatic heterocycles. The average molecular weight is 753 g/mol. The first kappa shape index (κ1) is 31.2. The number of benzene rings is 15. The molecule has 0 fully saturated rings. The van der Waals surface area contributed by atoms with Crippen LogP contribution >= 0.6 is 0 Å². The molecule has 60 heavy (non-hydrogen) atoms. The molecule has 0 amide bonds. The van der Waals surface area contributed by atoms with Crippen molar-refractivity contribution in [2.24, 2.45) is 0 Å². The van der Waals surface area contributed by atoms with Crippen molar-refractivity contribution in [2.45, 2.75) is 0 Å². The molecule has 0 heteroatoms. The van der Waals surface area contributed by atoms with Crippen LogP contribution in [0.15, 0.2) is 194 Å². The lowest BCUT2D eigenvalue weighted by molar-refractivity contribution is 1.70. The molecule has 0 unspecified atom stereocenters. The predicted molar refractivity (Wildman–Crippen MR) is 261 cm³/mol. The van der Waals surface area contributed by atoms with Crippen molar-refractivity contribution in [2.75, 3.05) is 0 Å². The molecule has 0 atom stereocenters. The van der Waals surface area contributed by atoms with Crippen LogP contribution in [0.5, 0.6) is 0 Å². The Labute approximate surface area is 344 Å². The third-order valence-electron chi connectivity index (χ3n) is 14.2. The number of fused-ring (bicyclic) bond motifs is 9. The Bertz CT molecular complexity index is 4340. The fourth-order valence-electron chi connectivity index (χ4n) is 11.9. The maximum atomic E-state index is 2.54. The molecule has 0 aromatic heterocycles. The molecule has 0 saturated carbocycles. The van der Waals surface area contributed by atoms with Crippen molar-refractivity contribution in [3.63, 3.8) is 0 Å². The largest absolute Gasteiger partial charge is 0.0616 e. The van der Waals surface area contributed by atoms with E-state index in [1.54, 1.807) is 0 Å². The van der Waals surface area contributed by atoms with E-state index < -0.39 is 0 Å². The third kappa shape index (κ3) is 3.74. The van der Waals surface area contributed by atoms with Crippen LogP contribution in [0.1, 0.15) is 0 Å². The van der Waals surface area contributed by atoms with Crippen LogP contribution in [-0.4, -0.2) is 0 Å². The SMILES string of the molecule is c1ccc2c(c1)c1cccc3ccc4ccc(-c5cc6ccc7cccc8c9ccccc9c(c5-c5ccc9ccc%10cccc%11c%12ccccc%12c5c9c%10%11)c6c78)c2c4c31. The first-order chi connectivity index (χ1) is 29.8. The van der Waals surface area contributed by atoms with Crippen molar-refractivity contribution in [1.29, 1.82) is 0 Å². The maximum Gasteiger partial charge on any atom is -0.000763 e. The Balaban J connectivity index is 1.26. The highest BCUT2D eigenvalue weighted by atomic mass is 14.3. The van der Waals surface area contributed by atoms with Gasteiger partial charge in [-0.3, -0.25) is 0 Å². The summed E-state index contributed by atoms with van der Waals surface area (Å²) < 4.78 is 0. The minimum absolute atomic E-state index is 1.27. The van der Waals surface area contributed by atoms with Crippen molar-refractivity contribution in [3.05, 3.63) is 194 Å². The number of rotatable bonds is 2. The third-order valence-corrected chi connectivity index (χ3v) is 14.2. The average Bonchev–Trinajstić information content (AvgIpc) is 3.32. The maximum absolute atomic E-state index is 2.54.